The van der Waals surface area contributed by atoms with Crippen molar-refractivity contribution in [3.8, 4) is 0 Å². The molecule has 2 aromatic rings. The third-order valence-corrected chi connectivity index (χ3v) is 4.73. The standard InChI is InChI=1S/C22H18F4O7/c23-15-3-1-11(5-17(15)25)13(7-19(27)28)9-21(31)33-22(32)10-14(8-20(29)30)12-2-4-16(24)18(26)6-12/h1-6,13-14H,7-10H2,(H,27,28)(H,29,30). The fraction of sp³-hybridized carbons (Fsp3) is 0.273. The quantitative estimate of drug-likeness (QED) is 0.307. The summed E-state index contributed by atoms with van der Waals surface area (Å²) in [6, 6.07) is 5.15. The number of rotatable bonds is 10. The van der Waals surface area contributed by atoms with Gasteiger partial charge in [-0.05, 0) is 35.4 Å². The maximum atomic E-state index is 13.5. The molecule has 0 aliphatic carbocycles. The van der Waals surface area contributed by atoms with Crippen molar-refractivity contribution in [2.75, 3.05) is 0 Å². The second-order valence-corrected chi connectivity index (χ2v) is 7.19. The van der Waals surface area contributed by atoms with Crippen molar-refractivity contribution in [1.82, 2.24) is 0 Å². The first-order valence-electron chi connectivity index (χ1n) is 9.53. The van der Waals surface area contributed by atoms with Crippen LogP contribution in [0.15, 0.2) is 36.4 Å². The molecule has 0 heterocycles. The van der Waals surface area contributed by atoms with Gasteiger partial charge in [0.15, 0.2) is 23.3 Å². The van der Waals surface area contributed by atoms with Gasteiger partial charge in [-0.15, -0.1) is 0 Å². The predicted octanol–water partition coefficient (Wildman–Crippen LogP) is 3.91. The molecule has 2 aromatic carbocycles. The van der Waals surface area contributed by atoms with Gasteiger partial charge in [-0.1, -0.05) is 12.1 Å². The Morgan fingerprint density at radius 3 is 1.30 bits per heavy atom. The summed E-state index contributed by atoms with van der Waals surface area (Å²) in [5.41, 5.74) is -0.0162. The number of benzene rings is 2. The number of carbonyl (C=O) groups excluding carboxylic acids is 2. The number of halogens is 4. The monoisotopic (exact) mass is 470 g/mol. The van der Waals surface area contributed by atoms with E-state index in [0.717, 1.165) is 36.4 Å². The van der Waals surface area contributed by atoms with Crippen molar-refractivity contribution in [2.45, 2.75) is 37.5 Å². The van der Waals surface area contributed by atoms with Crippen molar-refractivity contribution in [3.05, 3.63) is 70.8 Å². The van der Waals surface area contributed by atoms with E-state index in [1.54, 1.807) is 0 Å². The Hall–Kier alpha value is -3.76. The van der Waals surface area contributed by atoms with Gasteiger partial charge in [0, 0.05) is 11.8 Å². The molecular weight excluding hydrogens is 452 g/mol. The maximum absolute atomic E-state index is 13.5. The van der Waals surface area contributed by atoms with Crippen LogP contribution in [0.3, 0.4) is 0 Å². The topological polar surface area (TPSA) is 118 Å². The molecule has 0 radical (unpaired) electrons. The highest BCUT2D eigenvalue weighted by atomic mass is 19.2. The molecule has 2 N–H and O–H groups in total. The number of carboxylic acids is 2. The molecule has 0 bridgehead atoms. The molecular formula is C22H18F4O7. The average Bonchev–Trinajstić information content (AvgIpc) is 2.70. The van der Waals surface area contributed by atoms with Gasteiger partial charge in [-0.25, -0.2) is 17.6 Å². The van der Waals surface area contributed by atoms with Crippen molar-refractivity contribution in [1.29, 1.82) is 0 Å². The highest BCUT2D eigenvalue weighted by Gasteiger charge is 2.26. The highest BCUT2D eigenvalue weighted by molar-refractivity contribution is 5.87. The van der Waals surface area contributed by atoms with Gasteiger partial charge in [0.05, 0.1) is 25.7 Å². The van der Waals surface area contributed by atoms with Gasteiger partial charge >= 0.3 is 23.9 Å². The molecule has 0 aliphatic heterocycles. The Balaban J connectivity index is 2.11. The fourth-order valence-corrected chi connectivity index (χ4v) is 3.18. The Labute approximate surface area is 184 Å². The Morgan fingerprint density at radius 1 is 0.636 bits per heavy atom. The van der Waals surface area contributed by atoms with Crippen LogP contribution in [0.4, 0.5) is 17.6 Å². The van der Waals surface area contributed by atoms with E-state index in [0.29, 0.717) is 0 Å². The van der Waals surface area contributed by atoms with Crippen LogP contribution in [0.25, 0.3) is 0 Å². The molecule has 0 aromatic heterocycles. The molecule has 7 nitrogen and oxygen atoms in total. The largest absolute Gasteiger partial charge is 0.481 e. The van der Waals surface area contributed by atoms with Gasteiger partial charge in [-0.3, -0.25) is 19.2 Å². The molecule has 33 heavy (non-hydrogen) atoms. The van der Waals surface area contributed by atoms with Crippen LogP contribution in [-0.2, 0) is 23.9 Å². The van der Waals surface area contributed by atoms with E-state index < -0.39 is 84.7 Å². The van der Waals surface area contributed by atoms with E-state index in [4.69, 9.17) is 10.2 Å². The number of hydrogen-bond donors (Lipinski definition) is 2. The molecule has 176 valence electrons. The maximum Gasteiger partial charge on any atom is 0.314 e. The lowest BCUT2D eigenvalue weighted by molar-refractivity contribution is -0.160. The normalized spacial score (nSPS) is 12.6. The van der Waals surface area contributed by atoms with Gasteiger partial charge in [0.2, 0.25) is 0 Å². The van der Waals surface area contributed by atoms with Crippen LogP contribution >= 0.6 is 0 Å². The SMILES string of the molecule is O=C(O)CC(CC(=O)OC(=O)CC(CC(=O)O)c1ccc(F)c(F)c1)c1ccc(F)c(F)c1. The van der Waals surface area contributed by atoms with Gasteiger partial charge in [-0.2, -0.15) is 0 Å². The smallest absolute Gasteiger partial charge is 0.314 e. The molecule has 2 unspecified atom stereocenters. The second-order valence-electron chi connectivity index (χ2n) is 7.19. The van der Waals surface area contributed by atoms with Crippen molar-refractivity contribution in [2.24, 2.45) is 0 Å². The first-order valence-corrected chi connectivity index (χ1v) is 9.53. The molecule has 0 fully saturated rings. The molecule has 0 spiro atoms. The zero-order valence-electron chi connectivity index (χ0n) is 16.9. The molecule has 2 atom stereocenters. The zero-order chi connectivity index (χ0) is 24.7. The Bertz CT molecular complexity index is 987. The van der Waals surface area contributed by atoms with E-state index in [1.165, 1.54) is 0 Å². The number of carbonyl (C=O) groups is 4. The van der Waals surface area contributed by atoms with Crippen LogP contribution in [0.5, 0.6) is 0 Å². The van der Waals surface area contributed by atoms with E-state index in [2.05, 4.69) is 4.74 Å². The highest BCUT2D eigenvalue weighted by Crippen LogP contribution is 2.28. The number of carboxylic acid groups (broad SMARTS) is 2. The van der Waals surface area contributed by atoms with Crippen molar-refractivity contribution in [3.63, 3.8) is 0 Å². The van der Waals surface area contributed by atoms with Gasteiger partial charge in [0.25, 0.3) is 0 Å². The number of esters is 2. The first-order chi connectivity index (χ1) is 15.5. The fourth-order valence-electron chi connectivity index (χ4n) is 3.18. The summed E-state index contributed by atoms with van der Waals surface area (Å²) in [5.74, 6) is -12.2. The summed E-state index contributed by atoms with van der Waals surface area (Å²) in [6.45, 7) is 0. The number of aliphatic carboxylic acids is 2. The summed E-state index contributed by atoms with van der Waals surface area (Å²) in [5, 5.41) is 18.1. The van der Waals surface area contributed by atoms with E-state index in [1.807, 2.05) is 0 Å². The van der Waals surface area contributed by atoms with E-state index in [9.17, 15) is 36.7 Å². The van der Waals surface area contributed by atoms with E-state index in [-0.39, 0.29) is 11.1 Å². The lowest BCUT2D eigenvalue weighted by Gasteiger charge is -2.16. The van der Waals surface area contributed by atoms with Crippen molar-refractivity contribution >= 4 is 23.9 Å². The molecule has 2 rings (SSSR count). The Kier molecular flexibility index (Phi) is 8.66. The second kappa shape index (κ2) is 11.2. The average molecular weight is 470 g/mol. The van der Waals surface area contributed by atoms with Crippen LogP contribution in [0.2, 0.25) is 0 Å². The van der Waals surface area contributed by atoms with Crippen molar-refractivity contribution < 1.29 is 51.7 Å². The zero-order valence-corrected chi connectivity index (χ0v) is 16.9. The minimum absolute atomic E-state index is 0.00811. The lowest BCUT2D eigenvalue weighted by atomic mass is 9.92. The molecule has 0 saturated heterocycles. The van der Waals surface area contributed by atoms with Crippen LogP contribution in [-0.4, -0.2) is 34.1 Å². The third kappa shape index (κ3) is 7.70. The summed E-state index contributed by atoms with van der Waals surface area (Å²) in [4.78, 5) is 46.6. The summed E-state index contributed by atoms with van der Waals surface area (Å²) >= 11 is 0. The lowest BCUT2D eigenvalue weighted by Crippen LogP contribution is -2.20. The van der Waals surface area contributed by atoms with E-state index >= 15 is 0 Å². The number of hydrogen-bond acceptors (Lipinski definition) is 5. The minimum Gasteiger partial charge on any atom is -0.481 e. The first kappa shape index (κ1) is 25.5. The van der Waals surface area contributed by atoms with Crippen LogP contribution in [0, 0.1) is 23.3 Å². The molecule has 11 heteroatoms. The number of ether oxygens (including phenoxy) is 1. The van der Waals surface area contributed by atoms with Gasteiger partial charge in [0.1, 0.15) is 0 Å². The molecule has 0 saturated carbocycles. The van der Waals surface area contributed by atoms with Crippen LogP contribution < -0.4 is 0 Å². The van der Waals surface area contributed by atoms with Gasteiger partial charge < -0.3 is 14.9 Å². The minimum atomic E-state index is -1.34. The summed E-state index contributed by atoms with van der Waals surface area (Å²) in [6.07, 6.45) is -2.63. The summed E-state index contributed by atoms with van der Waals surface area (Å²) in [7, 11) is 0. The molecule has 0 amide bonds. The molecule has 0 aliphatic rings. The summed E-state index contributed by atoms with van der Waals surface area (Å²) < 4.78 is 57.9. The predicted molar refractivity (Wildman–Crippen MR) is 103 cm³/mol. The third-order valence-electron chi connectivity index (χ3n) is 4.73. The van der Waals surface area contributed by atoms with Crippen LogP contribution in [0.1, 0.15) is 48.6 Å². The Morgan fingerprint density at radius 2 is 1.00 bits per heavy atom.